The normalized spacial score (nSPS) is 16.9. The van der Waals surface area contributed by atoms with Crippen molar-refractivity contribution in [2.24, 2.45) is 0 Å². The van der Waals surface area contributed by atoms with E-state index in [1.165, 1.54) is 0 Å². The topological polar surface area (TPSA) is 66.5 Å². The van der Waals surface area contributed by atoms with Crippen LogP contribution in [0.2, 0.25) is 0 Å². The molecule has 1 saturated heterocycles. The van der Waals surface area contributed by atoms with Crippen LogP contribution in [-0.2, 0) is 14.6 Å². The Bertz CT molecular complexity index is 393. The molecule has 1 fully saturated rings. The fraction of sp³-hybridized carbons (Fsp3) is 0.923. The molecule has 0 radical (unpaired) electrons. The maximum absolute atomic E-state index is 11.8. The molecule has 0 bridgehead atoms. The molecule has 6 heteroatoms. The lowest BCUT2D eigenvalue weighted by Gasteiger charge is -2.19. The van der Waals surface area contributed by atoms with E-state index in [9.17, 15) is 13.2 Å². The summed E-state index contributed by atoms with van der Waals surface area (Å²) in [6.07, 6.45) is 2.65. The van der Waals surface area contributed by atoms with E-state index in [0.717, 1.165) is 25.9 Å². The van der Waals surface area contributed by atoms with Gasteiger partial charge < -0.3 is 10.2 Å². The van der Waals surface area contributed by atoms with Gasteiger partial charge in [-0.1, -0.05) is 0 Å². The van der Waals surface area contributed by atoms with Crippen molar-refractivity contribution in [3.63, 3.8) is 0 Å². The average Bonchev–Trinajstić information content (AvgIpc) is 2.80. The molecule has 1 N–H and O–H groups in total. The largest absolute Gasteiger partial charge is 0.343 e. The third-order valence-corrected chi connectivity index (χ3v) is 6.06. The summed E-state index contributed by atoms with van der Waals surface area (Å²) in [7, 11) is -3.07. The smallest absolute Gasteiger partial charge is 0.223 e. The number of sulfone groups is 1. The Kier molecular flexibility index (Phi) is 5.80. The fourth-order valence-electron chi connectivity index (χ4n) is 1.96. The lowest BCUT2D eigenvalue weighted by molar-refractivity contribution is -0.130. The SMILES string of the molecule is CC(C)(C)S(=O)(=O)CCNCCC(=O)N1CCCC1. The zero-order chi connectivity index (χ0) is 14.5. The highest BCUT2D eigenvalue weighted by molar-refractivity contribution is 7.92. The number of amides is 1. The molecule has 19 heavy (non-hydrogen) atoms. The molecule has 0 unspecified atom stereocenters. The van der Waals surface area contributed by atoms with Gasteiger partial charge in [-0.2, -0.15) is 0 Å². The quantitative estimate of drug-likeness (QED) is 0.735. The van der Waals surface area contributed by atoms with Crippen LogP contribution in [0.25, 0.3) is 0 Å². The predicted molar refractivity (Wildman–Crippen MR) is 76.8 cm³/mol. The van der Waals surface area contributed by atoms with Crippen LogP contribution >= 0.6 is 0 Å². The molecule has 0 aromatic carbocycles. The van der Waals surface area contributed by atoms with E-state index in [1.807, 2.05) is 4.90 Å². The number of nitrogens with one attached hydrogen (secondary N) is 1. The van der Waals surface area contributed by atoms with Crippen molar-refractivity contribution >= 4 is 15.7 Å². The molecule has 0 aromatic rings. The Morgan fingerprint density at radius 3 is 2.26 bits per heavy atom. The van der Waals surface area contributed by atoms with Crippen molar-refractivity contribution < 1.29 is 13.2 Å². The fourth-order valence-corrected chi connectivity index (χ4v) is 2.98. The van der Waals surface area contributed by atoms with Crippen LogP contribution in [0.1, 0.15) is 40.0 Å². The average molecular weight is 290 g/mol. The van der Waals surface area contributed by atoms with Crippen molar-refractivity contribution in [1.29, 1.82) is 0 Å². The van der Waals surface area contributed by atoms with Gasteiger partial charge >= 0.3 is 0 Å². The molecule has 1 heterocycles. The lowest BCUT2D eigenvalue weighted by atomic mass is 10.3. The number of hydrogen-bond acceptors (Lipinski definition) is 4. The van der Waals surface area contributed by atoms with E-state index in [4.69, 9.17) is 0 Å². The first-order chi connectivity index (χ1) is 8.74. The second-order valence-corrected chi connectivity index (χ2v) is 8.88. The van der Waals surface area contributed by atoms with Gasteiger partial charge in [0.2, 0.25) is 5.91 Å². The first-order valence-corrected chi connectivity index (χ1v) is 8.60. The molecule has 1 amide bonds. The zero-order valence-corrected chi connectivity index (χ0v) is 13.1. The standard InChI is InChI=1S/C13H26N2O3S/c1-13(2,3)19(17,18)11-8-14-7-6-12(16)15-9-4-5-10-15/h14H,4-11H2,1-3H3. The van der Waals surface area contributed by atoms with E-state index >= 15 is 0 Å². The van der Waals surface area contributed by atoms with Crippen LogP contribution in [0.15, 0.2) is 0 Å². The Balaban J connectivity index is 2.16. The minimum atomic E-state index is -3.07. The van der Waals surface area contributed by atoms with Gasteiger partial charge in [-0.3, -0.25) is 4.79 Å². The van der Waals surface area contributed by atoms with Gasteiger partial charge in [0.25, 0.3) is 0 Å². The van der Waals surface area contributed by atoms with E-state index < -0.39 is 14.6 Å². The molecule has 0 aliphatic carbocycles. The van der Waals surface area contributed by atoms with Crippen molar-refractivity contribution in [2.75, 3.05) is 31.9 Å². The van der Waals surface area contributed by atoms with Crippen molar-refractivity contribution in [1.82, 2.24) is 10.2 Å². The van der Waals surface area contributed by atoms with E-state index in [-0.39, 0.29) is 11.7 Å². The summed E-state index contributed by atoms with van der Waals surface area (Å²) in [5, 5.41) is 3.04. The van der Waals surface area contributed by atoms with Crippen LogP contribution in [-0.4, -0.2) is 55.9 Å². The summed E-state index contributed by atoms with van der Waals surface area (Å²) in [6.45, 7) is 7.83. The molecular weight excluding hydrogens is 264 g/mol. The van der Waals surface area contributed by atoms with Crippen molar-refractivity contribution in [2.45, 2.75) is 44.8 Å². The van der Waals surface area contributed by atoms with Gasteiger partial charge in [-0.25, -0.2) is 8.42 Å². The molecule has 0 saturated carbocycles. The number of rotatable bonds is 6. The summed E-state index contributed by atoms with van der Waals surface area (Å²) in [4.78, 5) is 13.6. The molecule has 5 nitrogen and oxygen atoms in total. The number of carbonyl (C=O) groups is 1. The summed E-state index contributed by atoms with van der Waals surface area (Å²) in [5.74, 6) is 0.290. The molecular formula is C13H26N2O3S. The molecule has 1 aliphatic rings. The zero-order valence-electron chi connectivity index (χ0n) is 12.2. The highest BCUT2D eigenvalue weighted by Crippen LogP contribution is 2.15. The van der Waals surface area contributed by atoms with Gasteiger partial charge in [0.15, 0.2) is 9.84 Å². The first kappa shape index (κ1) is 16.4. The second kappa shape index (κ2) is 6.70. The predicted octanol–water partition coefficient (Wildman–Crippen LogP) is 0.802. The number of nitrogens with zero attached hydrogens (tertiary/aromatic N) is 1. The van der Waals surface area contributed by atoms with Crippen LogP contribution in [0.5, 0.6) is 0 Å². The van der Waals surface area contributed by atoms with Crippen LogP contribution in [0.4, 0.5) is 0 Å². The highest BCUT2D eigenvalue weighted by atomic mass is 32.2. The van der Waals surface area contributed by atoms with Gasteiger partial charge in [0.1, 0.15) is 0 Å². The first-order valence-electron chi connectivity index (χ1n) is 6.95. The second-order valence-electron chi connectivity index (χ2n) is 6.02. The molecule has 1 aliphatic heterocycles. The minimum absolute atomic E-state index is 0.119. The number of likely N-dealkylation sites (tertiary alicyclic amines) is 1. The third-order valence-electron chi connectivity index (χ3n) is 3.45. The van der Waals surface area contributed by atoms with Gasteiger partial charge in [0.05, 0.1) is 10.5 Å². The molecule has 0 spiro atoms. The van der Waals surface area contributed by atoms with E-state index in [0.29, 0.717) is 19.5 Å². The molecule has 0 atom stereocenters. The molecule has 0 aromatic heterocycles. The summed E-state index contributed by atoms with van der Waals surface area (Å²) < 4.78 is 23.0. The van der Waals surface area contributed by atoms with E-state index in [1.54, 1.807) is 20.8 Å². The maximum Gasteiger partial charge on any atom is 0.223 e. The van der Waals surface area contributed by atoms with E-state index in [2.05, 4.69) is 5.32 Å². The highest BCUT2D eigenvalue weighted by Gasteiger charge is 2.28. The maximum atomic E-state index is 11.8. The summed E-state index contributed by atoms with van der Waals surface area (Å²) in [5.41, 5.74) is 0. The van der Waals surface area contributed by atoms with Crippen LogP contribution < -0.4 is 5.32 Å². The van der Waals surface area contributed by atoms with Gasteiger partial charge in [0, 0.05) is 32.6 Å². The lowest BCUT2D eigenvalue weighted by Crippen LogP contribution is -2.36. The number of hydrogen-bond donors (Lipinski definition) is 1. The summed E-state index contributed by atoms with van der Waals surface area (Å²) in [6, 6.07) is 0. The third kappa shape index (κ3) is 5.10. The van der Waals surface area contributed by atoms with Crippen molar-refractivity contribution in [3.8, 4) is 0 Å². The van der Waals surface area contributed by atoms with Crippen LogP contribution in [0, 0.1) is 0 Å². The number of carbonyl (C=O) groups excluding carboxylic acids is 1. The molecule has 1 rings (SSSR count). The Hall–Kier alpha value is -0.620. The Labute approximate surface area is 116 Å². The Morgan fingerprint density at radius 2 is 1.74 bits per heavy atom. The minimum Gasteiger partial charge on any atom is -0.343 e. The summed E-state index contributed by atoms with van der Waals surface area (Å²) >= 11 is 0. The van der Waals surface area contributed by atoms with Gasteiger partial charge in [-0.05, 0) is 33.6 Å². The monoisotopic (exact) mass is 290 g/mol. The Morgan fingerprint density at radius 1 is 1.16 bits per heavy atom. The van der Waals surface area contributed by atoms with Gasteiger partial charge in [-0.15, -0.1) is 0 Å². The molecule has 112 valence electrons. The van der Waals surface area contributed by atoms with Crippen LogP contribution in [0.3, 0.4) is 0 Å². The van der Waals surface area contributed by atoms with Crippen molar-refractivity contribution in [3.05, 3.63) is 0 Å².